The first-order chi connectivity index (χ1) is 14.5. The Kier molecular flexibility index (Phi) is 5.76. The van der Waals surface area contributed by atoms with Crippen molar-refractivity contribution < 1.29 is 4.79 Å². The van der Waals surface area contributed by atoms with Crippen LogP contribution in [0, 0.1) is 5.92 Å². The van der Waals surface area contributed by atoms with Crippen molar-refractivity contribution in [3.05, 3.63) is 64.3 Å². The van der Waals surface area contributed by atoms with Crippen molar-refractivity contribution in [3.8, 4) is 11.4 Å². The number of hydrogen-bond donors (Lipinski definition) is 1. The summed E-state index contributed by atoms with van der Waals surface area (Å²) >= 11 is 5.91. The zero-order valence-corrected chi connectivity index (χ0v) is 17.2. The molecular formula is C21H21ClN6O2. The predicted molar refractivity (Wildman–Crippen MR) is 116 cm³/mol. The fourth-order valence-corrected chi connectivity index (χ4v) is 3.66. The maximum absolute atomic E-state index is 12.8. The van der Waals surface area contributed by atoms with Crippen LogP contribution in [0.5, 0.6) is 0 Å². The minimum Gasteiger partial charge on any atom is -0.341 e. The summed E-state index contributed by atoms with van der Waals surface area (Å²) in [4.78, 5) is 40.1. The molecule has 1 N–H and O–H groups in total. The van der Waals surface area contributed by atoms with Crippen LogP contribution in [-0.2, 0) is 11.8 Å². The summed E-state index contributed by atoms with van der Waals surface area (Å²) in [5.41, 5.74) is 1.60. The molecule has 1 atom stereocenters. The van der Waals surface area contributed by atoms with Crippen molar-refractivity contribution in [1.82, 2.24) is 19.5 Å². The summed E-state index contributed by atoms with van der Waals surface area (Å²) in [6.45, 7) is 1.20. The Morgan fingerprint density at radius 1 is 1.20 bits per heavy atom. The van der Waals surface area contributed by atoms with Crippen molar-refractivity contribution in [3.63, 3.8) is 0 Å². The standard InChI is InChI=1S/C21H21ClN6O2/c1-27-19(29)11-18(17-8-9-23-13-24-17)26-21(27)28-10-2-3-14(12-28)20(30)25-16-6-4-15(22)5-7-16/h4-9,11,13-14H,2-3,10,12H2,1H3,(H,25,30). The third-order valence-corrected chi connectivity index (χ3v) is 5.39. The molecule has 1 aliphatic rings. The van der Waals surface area contributed by atoms with Crippen LogP contribution in [0.15, 0.2) is 53.7 Å². The molecule has 3 aromatic rings. The molecule has 1 amide bonds. The van der Waals surface area contributed by atoms with Crippen molar-refractivity contribution >= 4 is 29.1 Å². The Morgan fingerprint density at radius 2 is 2.00 bits per heavy atom. The van der Waals surface area contributed by atoms with Crippen molar-refractivity contribution in [1.29, 1.82) is 0 Å². The number of nitrogens with one attached hydrogen (secondary N) is 1. The van der Waals surface area contributed by atoms with Crippen LogP contribution in [0.2, 0.25) is 5.02 Å². The lowest BCUT2D eigenvalue weighted by Gasteiger charge is -2.33. The molecule has 1 fully saturated rings. The van der Waals surface area contributed by atoms with E-state index in [0.717, 1.165) is 19.4 Å². The predicted octanol–water partition coefficient (Wildman–Crippen LogP) is 2.75. The van der Waals surface area contributed by atoms with Crippen molar-refractivity contribution in [2.45, 2.75) is 12.8 Å². The van der Waals surface area contributed by atoms with Gasteiger partial charge in [-0.3, -0.25) is 14.2 Å². The van der Waals surface area contributed by atoms with Crippen LogP contribution in [0.4, 0.5) is 11.6 Å². The highest BCUT2D eigenvalue weighted by Crippen LogP contribution is 2.24. The van der Waals surface area contributed by atoms with Crippen LogP contribution in [0.3, 0.4) is 0 Å². The SMILES string of the molecule is Cn1c(N2CCCC(C(=O)Nc3ccc(Cl)cc3)C2)nc(-c2ccncn2)cc1=O. The summed E-state index contributed by atoms with van der Waals surface area (Å²) in [6.07, 6.45) is 4.63. The number of halogens is 1. The summed E-state index contributed by atoms with van der Waals surface area (Å²) < 4.78 is 1.50. The number of benzene rings is 1. The van der Waals surface area contributed by atoms with Gasteiger partial charge in [-0.1, -0.05) is 11.6 Å². The first-order valence-electron chi connectivity index (χ1n) is 9.67. The fraction of sp³-hybridized carbons (Fsp3) is 0.286. The minimum atomic E-state index is -0.214. The van der Waals surface area contributed by atoms with Gasteiger partial charge in [0.2, 0.25) is 11.9 Å². The van der Waals surface area contributed by atoms with Crippen LogP contribution in [0.1, 0.15) is 12.8 Å². The van der Waals surface area contributed by atoms with E-state index in [0.29, 0.717) is 34.6 Å². The topological polar surface area (TPSA) is 93.0 Å². The second-order valence-electron chi connectivity index (χ2n) is 7.21. The summed E-state index contributed by atoms with van der Waals surface area (Å²) in [6, 6.07) is 10.2. The lowest BCUT2D eigenvalue weighted by Crippen LogP contribution is -2.43. The number of amides is 1. The number of piperidine rings is 1. The number of nitrogens with zero attached hydrogens (tertiary/aromatic N) is 5. The molecule has 2 aromatic heterocycles. The highest BCUT2D eigenvalue weighted by Gasteiger charge is 2.28. The van der Waals surface area contributed by atoms with Crippen LogP contribution in [0.25, 0.3) is 11.4 Å². The van der Waals surface area contributed by atoms with Gasteiger partial charge in [-0.05, 0) is 43.2 Å². The highest BCUT2D eigenvalue weighted by atomic mass is 35.5. The molecule has 3 heterocycles. The van der Waals surface area contributed by atoms with Gasteiger partial charge in [-0.15, -0.1) is 0 Å². The van der Waals surface area contributed by atoms with Gasteiger partial charge in [0.15, 0.2) is 0 Å². The van der Waals surface area contributed by atoms with Crippen LogP contribution < -0.4 is 15.8 Å². The maximum Gasteiger partial charge on any atom is 0.255 e. The van der Waals surface area contributed by atoms with E-state index in [9.17, 15) is 9.59 Å². The van der Waals surface area contributed by atoms with E-state index < -0.39 is 0 Å². The van der Waals surface area contributed by atoms with Gasteiger partial charge < -0.3 is 10.2 Å². The largest absolute Gasteiger partial charge is 0.341 e. The molecule has 9 heteroatoms. The Morgan fingerprint density at radius 3 is 2.73 bits per heavy atom. The molecular weight excluding hydrogens is 404 g/mol. The molecule has 4 rings (SSSR count). The first-order valence-corrected chi connectivity index (χ1v) is 10.0. The first kappa shape index (κ1) is 20.0. The number of hydrogen-bond acceptors (Lipinski definition) is 6. The van der Waals surface area contributed by atoms with Gasteiger partial charge in [-0.2, -0.15) is 0 Å². The third kappa shape index (κ3) is 4.33. The maximum atomic E-state index is 12.8. The zero-order valence-electron chi connectivity index (χ0n) is 16.5. The summed E-state index contributed by atoms with van der Waals surface area (Å²) in [7, 11) is 1.69. The lowest BCUT2D eigenvalue weighted by atomic mass is 9.97. The number of rotatable bonds is 4. The van der Waals surface area contributed by atoms with E-state index >= 15 is 0 Å². The molecule has 1 unspecified atom stereocenters. The second-order valence-corrected chi connectivity index (χ2v) is 7.65. The number of carbonyl (C=O) groups excluding carboxylic acids is 1. The molecule has 0 radical (unpaired) electrons. The molecule has 0 aliphatic carbocycles. The molecule has 0 bridgehead atoms. The lowest BCUT2D eigenvalue weighted by molar-refractivity contribution is -0.120. The quantitative estimate of drug-likeness (QED) is 0.692. The van der Waals surface area contributed by atoms with E-state index in [-0.39, 0.29) is 17.4 Å². The van der Waals surface area contributed by atoms with Gasteiger partial charge in [-0.25, -0.2) is 15.0 Å². The average molecular weight is 425 g/mol. The molecule has 154 valence electrons. The van der Waals surface area contributed by atoms with Gasteiger partial charge in [0.05, 0.1) is 17.3 Å². The van der Waals surface area contributed by atoms with Crippen LogP contribution >= 0.6 is 11.6 Å². The molecule has 30 heavy (non-hydrogen) atoms. The number of carbonyl (C=O) groups is 1. The van der Waals surface area contributed by atoms with Gasteiger partial charge >= 0.3 is 0 Å². The molecule has 0 spiro atoms. The van der Waals surface area contributed by atoms with E-state index in [4.69, 9.17) is 11.6 Å². The average Bonchev–Trinajstić information content (AvgIpc) is 2.78. The normalized spacial score (nSPS) is 16.3. The third-order valence-electron chi connectivity index (χ3n) is 5.14. The Hall–Kier alpha value is -3.26. The monoisotopic (exact) mass is 424 g/mol. The highest BCUT2D eigenvalue weighted by molar-refractivity contribution is 6.30. The number of aromatic nitrogens is 4. The smallest absolute Gasteiger partial charge is 0.255 e. The second kappa shape index (κ2) is 8.62. The fourth-order valence-electron chi connectivity index (χ4n) is 3.53. The van der Waals surface area contributed by atoms with Gasteiger partial charge in [0, 0.05) is 43.1 Å². The molecule has 1 saturated heterocycles. The molecule has 1 aromatic carbocycles. The zero-order chi connectivity index (χ0) is 21.1. The van der Waals surface area contributed by atoms with Crippen molar-refractivity contribution in [2.75, 3.05) is 23.3 Å². The van der Waals surface area contributed by atoms with Gasteiger partial charge in [0.1, 0.15) is 6.33 Å². The van der Waals surface area contributed by atoms with E-state index in [1.165, 1.54) is 17.0 Å². The van der Waals surface area contributed by atoms with E-state index in [1.807, 2.05) is 4.90 Å². The number of anilines is 2. The Labute approximate surface area is 178 Å². The summed E-state index contributed by atoms with van der Waals surface area (Å²) in [5.74, 6) is 0.258. The Bertz CT molecular complexity index is 1100. The van der Waals surface area contributed by atoms with Crippen LogP contribution in [-0.4, -0.2) is 38.5 Å². The summed E-state index contributed by atoms with van der Waals surface area (Å²) in [5, 5.41) is 3.56. The van der Waals surface area contributed by atoms with E-state index in [2.05, 4.69) is 20.3 Å². The Balaban J connectivity index is 1.55. The van der Waals surface area contributed by atoms with E-state index in [1.54, 1.807) is 43.6 Å². The van der Waals surface area contributed by atoms with Gasteiger partial charge in [0.25, 0.3) is 5.56 Å². The molecule has 8 nitrogen and oxygen atoms in total. The minimum absolute atomic E-state index is 0.0565. The molecule has 1 aliphatic heterocycles. The van der Waals surface area contributed by atoms with Crippen molar-refractivity contribution in [2.24, 2.45) is 13.0 Å². The molecule has 0 saturated carbocycles.